The van der Waals surface area contributed by atoms with E-state index in [2.05, 4.69) is 20.6 Å². The van der Waals surface area contributed by atoms with Crippen LogP contribution in [-0.2, 0) is 11.3 Å². The summed E-state index contributed by atoms with van der Waals surface area (Å²) in [7, 11) is 1.45. The molecule has 0 aliphatic rings. The van der Waals surface area contributed by atoms with Crippen molar-refractivity contribution < 1.29 is 23.8 Å². The smallest absolute Gasteiger partial charge is 0.317 e. The van der Waals surface area contributed by atoms with E-state index in [1.807, 2.05) is 50.2 Å². The van der Waals surface area contributed by atoms with Crippen molar-refractivity contribution >= 4 is 17.6 Å². The molecular weight excluding hydrogens is 487 g/mol. The number of hydrogen-bond acceptors (Lipinski definition) is 6. The number of methoxy groups -OCH3 is 1. The number of carboxylic acids is 1. The number of nitrogens with zero attached hydrogens (tertiary/aromatic N) is 2. The lowest BCUT2D eigenvalue weighted by atomic mass is 9.90. The van der Waals surface area contributed by atoms with Crippen molar-refractivity contribution in [1.29, 1.82) is 0 Å². The molecule has 0 radical (unpaired) electrons. The molecule has 0 spiro atoms. The lowest BCUT2D eigenvalue weighted by molar-refractivity contribution is -0.136. The second-order valence-corrected chi connectivity index (χ2v) is 8.64. The molecule has 0 aliphatic carbocycles. The third kappa shape index (κ3) is 5.68. The number of aromatic nitrogens is 2. The minimum absolute atomic E-state index is 0.0212. The number of carbonyl (C=O) groups excluding carboxylic acids is 1. The first kappa shape index (κ1) is 26.4. The van der Waals surface area contributed by atoms with Gasteiger partial charge in [0.15, 0.2) is 0 Å². The number of amides is 1. The number of anilines is 1. The molecule has 1 aromatic heterocycles. The van der Waals surface area contributed by atoms with Crippen molar-refractivity contribution in [3.05, 3.63) is 95.3 Å². The summed E-state index contributed by atoms with van der Waals surface area (Å²) in [6.07, 6.45) is 2.83. The predicted molar refractivity (Wildman–Crippen MR) is 143 cm³/mol. The molecule has 1 amide bonds. The highest BCUT2D eigenvalue weighted by molar-refractivity contribution is 6.03. The number of benzene rings is 3. The van der Waals surface area contributed by atoms with Gasteiger partial charge < -0.3 is 20.5 Å². The van der Waals surface area contributed by atoms with Gasteiger partial charge in [0.2, 0.25) is 0 Å². The molecule has 0 bridgehead atoms. The van der Waals surface area contributed by atoms with Crippen LogP contribution in [0.3, 0.4) is 0 Å². The molecule has 3 aromatic carbocycles. The van der Waals surface area contributed by atoms with Gasteiger partial charge in [-0.15, -0.1) is 0 Å². The number of hydrogen-bond donors (Lipinski definition) is 3. The molecule has 0 fully saturated rings. The maximum absolute atomic E-state index is 15.1. The normalized spacial score (nSPS) is 10.7. The number of rotatable bonds is 9. The van der Waals surface area contributed by atoms with Gasteiger partial charge in [-0.2, -0.15) is 0 Å². The maximum atomic E-state index is 15.1. The molecule has 194 valence electrons. The Labute approximate surface area is 219 Å². The van der Waals surface area contributed by atoms with E-state index >= 15 is 4.39 Å². The van der Waals surface area contributed by atoms with E-state index in [1.54, 1.807) is 12.1 Å². The molecular formula is C29H27FN4O4. The van der Waals surface area contributed by atoms with Gasteiger partial charge in [-0.3, -0.25) is 9.59 Å². The molecule has 1 heterocycles. The Hall–Kier alpha value is -4.63. The fraction of sp³-hybridized carbons (Fsp3) is 0.172. The van der Waals surface area contributed by atoms with Gasteiger partial charge in [0.25, 0.3) is 5.91 Å². The molecule has 9 heteroatoms. The molecule has 0 unspecified atom stereocenters. The molecule has 4 rings (SSSR count). The van der Waals surface area contributed by atoms with E-state index in [1.165, 1.54) is 25.7 Å². The third-order valence-corrected chi connectivity index (χ3v) is 6.28. The van der Waals surface area contributed by atoms with E-state index in [4.69, 9.17) is 9.84 Å². The van der Waals surface area contributed by atoms with Gasteiger partial charge in [-0.1, -0.05) is 30.3 Å². The van der Waals surface area contributed by atoms with Gasteiger partial charge in [0, 0.05) is 24.0 Å². The quantitative estimate of drug-likeness (QED) is 0.288. The van der Waals surface area contributed by atoms with Gasteiger partial charge in [0.05, 0.1) is 13.7 Å². The predicted octanol–water partition coefficient (Wildman–Crippen LogP) is 5.00. The Kier molecular flexibility index (Phi) is 8.08. The van der Waals surface area contributed by atoms with Crippen LogP contribution in [0.2, 0.25) is 0 Å². The summed E-state index contributed by atoms with van der Waals surface area (Å²) in [4.78, 5) is 31.3. The first-order valence-corrected chi connectivity index (χ1v) is 11.9. The first-order valence-electron chi connectivity index (χ1n) is 11.9. The Balaban J connectivity index is 1.68. The largest absolute Gasteiger partial charge is 0.496 e. The highest BCUT2D eigenvalue weighted by atomic mass is 19.1. The highest BCUT2D eigenvalue weighted by Crippen LogP contribution is 2.37. The molecule has 0 saturated carbocycles. The summed E-state index contributed by atoms with van der Waals surface area (Å²) in [5.41, 5.74) is 6.28. The molecule has 4 aromatic rings. The van der Waals surface area contributed by atoms with Gasteiger partial charge in [0.1, 0.15) is 23.6 Å². The molecule has 8 nitrogen and oxygen atoms in total. The van der Waals surface area contributed by atoms with Crippen LogP contribution in [0.5, 0.6) is 5.75 Å². The maximum Gasteiger partial charge on any atom is 0.317 e. The fourth-order valence-electron chi connectivity index (χ4n) is 4.33. The zero-order chi connectivity index (χ0) is 27.2. The number of nitrogens with one attached hydrogen (secondary N) is 2. The summed E-state index contributed by atoms with van der Waals surface area (Å²) in [6.45, 7) is 3.62. The third-order valence-electron chi connectivity index (χ3n) is 6.28. The lowest BCUT2D eigenvalue weighted by Crippen LogP contribution is -2.22. The Morgan fingerprint density at radius 2 is 1.71 bits per heavy atom. The fourth-order valence-corrected chi connectivity index (χ4v) is 4.33. The lowest BCUT2D eigenvalue weighted by Gasteiger charge is -2.18. The van der Waals surface area contributed by atoms with Crippen LogP contribution in [0.25, 0.3) is 22.3 Å². The van der Waals surface area contributed by atoms with Crippen molar-refractivity contribution in [3.63, 3.8) is 0 Å². The number of ether oxygens (including phenoxy) is 1. The van der Waals surface area contributed by atoms with Crippen LogP contribution in [0.15, 0.2) is 67.1 Å². The first-order chi connectivity index (χ1) is 18.3. The van der Waals surface area contributed by atoms with Crippen LogP contribution in [-0.4, -0.2) is 40.6 Å². The molecule has 0 atom stereocenters. The SMILES string of the molecule is COc1cc(-c2cccc(-c3cccc(NC(=O)c4ccncn4)c3C)c2C)cc(F)c1CNCC(=O)O. The van der Waals surface area contributed by atoms with Crippen LogP contribution < -0.4 is 15.4 Å². The number of halogens is 1. The summed E-state index contributed by atoms with van der Waals surface area (Å²) in [5, 5.41) is 14.5. The highest BCUT2D eigenvalue weighted by Gasteiger charge is 2.17. The second-order valence-electron chi connectivity index (χ2n) is 8.64. The Morgan fingerprint density at radius 3 is 2.39 bits per heavy atom. The standard InChI is InChI=1S/C29H27FN4O4/c1-17-20(19-12-24(30)23(27(13-19)38-3)14-32-15-28(35)36)6-4-7-21(17)22-8-5-9-25(18(22)2)34-29(37)26-10-11-31-16-33-26/h4-13,16,32H,14-15H2,1-3H3,(H,34,37)(H,35,36). The van der Waals surface area contributed by atoms with E-state index < -0.39 is 11.8 Å². The topological polar surface area (TPSA) is 113 Å². The van der Waals surface area contributed by atoms with Crippen molar-refractivity contribution in [3.8, 4) is 28.0 Å². The van der Waals surface area contributed by atoms with Crippen molar-refractivity contribution in [2.24, 2.45) is 0 Å². The van der Waals surface area contributed by atoms with Gasteiger partial charge >= 0.3 is 5.97 Å². The van der Waals surface area contributed by atoms with E-state index in [0.717, 1.165) is 27.8 Å². The van der Waals surface area contributed by atoms with Crippen LogP contribution in [0.4, 0.5) is 10.1 Å². The molecule has 38 heavy (non-hydrogen) atoms. The molecule has 0 saturated heterocycles. The van der Waals surface area contributed by atoms with Crippen LogP contribution in [0.1, 0.15) is 27.2 Å². The van der Waals surface area contributed by atoms with Crippen LogP contribution in [0, 0.1) is 19.7 Å². The summed E-state index contributed by atoms with van der Waals surface area (Å²) >= 11 is 0. The minimum Gasteiger partial charge on any atom is -0.496 e. The summed E-state index contributed by atoms with van der Waals surface area (Å²) in [5.74, 6) is -1.53. The van der Waals surface area contributed by atoms with Gasteiger partial charge in [-0.25, -0.2) is 14.4 Å². The zero-order valence-corrected chi connectivity index (χ0v) is 21.2. The Morgan fingerprint density at radius 1 is 1.00 bits per heavy atom. The average molecular weight is 515 g/mol. The number of aliphatic carboxylic acids is 1. The van der Waals surface area contributed by atoms with Crippen LogP contribution >= 0.6 is 0 Å². The van der Waals surface area contributed by atoms with Crippen molar-refractivity contribution in [2.45, 2.75) is 20.4 Å². The average Bonchev–Trinajstić information content (AvgIpc) is 2.91. The monoisotopic (exact) mass is 514 g/mol. The summed E-state index contributed by atoms with van der Waals surface area (Å²) < 4.78 is 20.6. The minimum atomic E-state index is -1.03. The number of carboxylic acid groups (broad SMARTS) is 1. The Bertz CT molecular complexity index is 1490. The molecule has 3 N–H and O–H groups in total. The zero-order valence-electron chi connectivity index (χ0n) is 21.2. The van der Waals surface area contributed by atoms with Gasteiger partial charge in [-0.05, 0) is 71.5 Å². The van der Waals surface area contributed by atoms with E-state index in [0.29, 0.717) is 17.0 Å². The van der Waals surface area contributed by atoms with Crippen molar-refractivity contribution in [2.75, 3.05) is 19.0 Å². The molecule has 0 aliphatic heterocycles. The van der Waals surface area contributed by atoms with E-state index in [-0.39, 0.29) is 30.3 Å². The number of carbonyl (C=O) groups is 2. The summed E-state index contributed by atoms with van der Waals surface area (Å²) in [6, 6.07) is 16.2. The second kappa shape index (κ2) is 11.6. The van der Waals surface area contributed by atoms with E-state index in [9.17, 15) is 9.59 Å². The van der Waals surface area contributed by atoms with Crippen molar-refractivity contribution in [1.82, 2.24) is 15.3 Å².